The molecule has 1 heterocycles. The molecule has 3 amide bonds. The maximum Gasteiger partial charge on any atom is 0.325 e. The predicted molar refractivity (Wildman–Crippen MR) is 99.2 cm³/mol. The molecule has 0 atom stereocenters. The predicted octanol–water partition coefficient (Wildman–Crippen LogP) is 2.73. The van der Waals surface area contributed by atoms with Crippen LogP contribution in [0, 0.1) is 0 Å². The first-order chi connectivity index (χ1) is 12.2. The summed E-state index contributed by atoms with van der Waals surface area (Å²) in [7, 11) is 1.79. The zero-order chi connectivity index (χ0) is 18.3. The Labute approximate surface area is 149 Å². The van der Waals surface area contributed by atoms with Crippen LogP contribution in [-0.2, 0) is 10.3 Å². The molecule has 0 aliphatic carbocycles. The van der Waals surface area contributed by atoms with Crippen LogP contribution in [0.1, 0.15) is 25.0 Å². The number of amides is 3. The lowest BCUT2D eigenvalue weighted by Crippen LogP contribution is -2.45. The first kappa shape index (κ1) is 18.7. The minimum Gasteiger partial charge on any atom is -0.318 e. The van der Waals surface area contributed by atoms with Crippen LogP contribution in [0.5, 0.6) is 0 Å². The van der Waals surface area contributed by atoms with Crippen molar-refractivity contribution in [3.63, 3.8) is 0 Å². The molecule has 25 heavy (non-hydrogen) atoms. The number of carbonyl (C=O) groups excluding carboxylic acids is 2. The summed E-state index contributed by atoms with van der Waals surface area (Å²) in [5.41, 5.74) is 0.362. The molecular weight excluding hydrogens is 314 g/mol. The Kier molecular flexibility index (Phi) is 6.31. The molecule has 1 aliphatic heterocycles. The average Bonchev–Trinajstić information content (AvgIpc) is 2.94. The van der Waals surface area contributed by atoms with Crippen molar-refractivity contribution in [1.82, 2.24) is 15.5 Å². The molecule has 0 bridgehead atoms. The van der Waals surface area contributed by atoms with E-state index in [0.29, 0.717) is 13.1 Å². The van der Waals surface area contributed by atoms with Crippen LogP contribution in [0.15, 0.2) is 60.7 Å². The Hall–Kier alpha value is -2.66. The van der Waals surface area contributed by atoms with E-state index in [1.807, 2.05) is 74.5 Å². The Bertz CT molecular complexity index is 662. The van der Waals surface area contributed by atoms with Gasteiger partial charge in [-0.15, -0.1) is 0 Å². The van der Waals surface area contributed by atoms with Gasteiger partial charge in [0.1, 0.15) is 0 Å². The second kappa shape index (κ2) is 8.44. The maximum absolute atomic E-state index is 13.2. The van der Waals surface area contributed by atoms with Crippen molar-refractivity contribution >= 4 is 11.9 Å². The maximum atomic E-state index is 13.2. The number of nitrogens with one attached hydrogen (secondary N) is 2. The molecule has 132 valence electrons. The highest BCUT2D eigenvalue weighted by atomic mass is 16.2. The van der Waals surface area contributed by atoms with Crippen molar-refractivity contribution in [3.05, 3.63) is 71.8 Å². The molecule has 2 aromatic carbocycles. The molecule has 2 aromatic rings. The quantitative estimate of drug-likeness (QED) is 0.824. The van der Waals surface area contributed by atoms with Crippen molar-refractivity contribution in [1.29, 1.82) is 0 Å². The summed E-state index contributed by atoms with van der Waals surface area (Å²) in [6.45, 7) is 4.89. The van der Waals surface area contributed by atoms with Crippen molar-refractivity contribution in [2.75, 3.05) is 20.1 Å². The molecule has 1 aliphatic rings. The zero-order valence-corrected chi connectivity index (χ0v) is 15.0. The van der Waals surface area contributed by atoms with Crippen molar-refractivity contribution in [3.8, 4) is 0 Å². The number of hydrogen-bond acceptors (Lipinski definition) is 3. The van der Waals surface area contributed by atoms with Crippen LogP contribution in [0.25, 0.3) is 0 Å². The third kappa shape index (κ3) is 3.42. The fourth-order valence-corrected chi connectivity index (χ4v) is 2.94. The van der Waals surface area contributed by atoms with Gasteiger partial charge in [-0.3, -0.25) is 9.69 Å². The van der Waals surface area contributed by atoms with Crippen LogP contribution < -0.4 is 10.6 Å². The van der Waals surface area contributed by atoms with Crippen molar-refractivity contribution in [2.45, 2.75) is 19.4 Å². The van der Waals surface area contributed by atoms with Gasteiger partial charge in [0, 0.05) is 13.1 Å². The lowest BCUT2D eigenvalue weighted by molar-refractivity contribution is -0.130. The van der Waals surface area contributed by atoms with E-state index in [-0.39, 0.29) is 11.9 Å². The van der Waals surface area contributed by atoms with Gasteiger partial charge in [0.2, 0.25) is 0 Å². The molecule has 5 nitrogen and oxygen atoms in total. The first-order valence-corrected chi connectivity index (χ1v) is 8.60. The third-order valence-electron chi connectivity index (χ3n) is 4.10. The normalized spacial score (nSPS) is 15.4. The fourth-order valence-electron chi connectivity index (χ4n) is 2.94. The Morgan fingerprint density at radius 2 is 1.40 bits per heavy atom. The minimum atomic E-state index is -1.16. The van der Waals surface area contributed by atoms with Gasteiger partial charge in [0.05, 0.1) is 0 Å². The summed E-state index contributed by atoms with van der Waals surface area (Å²) >= 11 is 0. The molecular formula is C20H25N3O2. The second-order valence-corrected chi connectivity index (χ2v) is 5.47. The second-order valence-electron chi connectivity index (χ2n) is 5.47. The molecule has 0 aromatic heterocycles. The molecule has 0 unspecified atom stereocenters. The Balaban J connectivity index is 0.00000109. The summed E-state index contributed by atoms with van der Waals surface area (Å²) in [6, 6.07) is 18.4. The van der Waals surface area contributed by atoms with E-state index in [1.165, 1.54) is 4.90 Å². The number of hydrogen-bond donors (Lipinski definition) is 2. The number of imide groups is 1. The standard InChI is InChI=1S/C18H19N3O2.C2H6/c1-19-12-13-21-16(22)18(20-17(21)23,14-8-4-2-5-9-14)15-10-6-3-7-11-15;1-2/h2-11,19H,12-13H2,1H3,(H,20,23);1-2H3. The Morgan fingerprint density at radius 3 is 1.84 bits per heavy atom. The summed E-state index contributed by atoms with van der Waals surface area (Å²) < 4.78 is 0. The third-order valence-corrected chi connectivity index (χ3v) is 4.10. The van der Waals surface area contributed by atoms with Gasteiger partial charge in [-0.2, -0.15) is 0 Å². The van der Waals surface area contributed by atoms with E-state index < -0.39 is 5.54 Å². The highest BCUT2D eigenvalue weighted by Crippen LogP contribution is 2.35. The van der Waals surface area contributed by atoms with Gasteiger partial charge in [-0.25, -0.2) is 4.79 Å². The smallest absolute Gasteiger partial charge is 0.318 e. The number of urea groups is 1. The van der Waals surface area contributed by atoms with Gasteiger partial charge in [0.15, 0.2) is 5.54 Å². The average molecular weight is 339 g/mol. The van der Waals surface area contributed by atoms with Crippen LogP contribution in [-0.4, -0.2) is 37.0 Å². The highest BCUT2D eigenvalue weighted by molar-refractivity contribution is 6.09. The molecule has 0 radical (unpaired) electrons. The molecule has 3 rings (SSSR count). The van der Waals surface area contributed by atoms with Crippen LogP contribution >= 0.6 is 0 Å². The number of benzene rings is 2. The van der Waals surface area contributed by atoms with Crippen molar-refractivity contribution < 1.29 is 9.59 Å². The van der Waals surface area contributed by atoms with E-state index in [9.17, 15) is 9.59 Å². The van der Waals surface area contributed by atoms with E-state index in [1.54, 1.807) is 7.05 Å². The number of likely N-dealkylation sites (N-methyl/N-ethyl adjacent to an activating group) is 1. The summed E-state index contributed by atoms with van der Waals surface area (Å²) in [5, 5.41) is 5.89. The monoisotopic (exact) mass is 339 g/mol. The van der Waals surface area contributed by atoms with Crippen LogP contribution in [0.2, 0.25) is 0 Å². The Morgan fingerprint density at radius 1 is 0.920 bits per heavy atom. The number of rotatable bonds is 5. The number of nitrogens with zero attached hydrogens (tertiary/aromatic N) is 1. The number of carbonyl (C=O) groups is 2. The van der Waals surface area contributed by atoms with Crippen LogP contribution in [0.3, 0.4) is 0 Å². The van der Waals surface area contributed by atoms with Crippen LogP contribution in [0.4, 0.5) is 4.79 Å². The summed E-state index contributed by atoms with van der Waals surface area (Å²) in [5.74, 6) is -0.241. The van der Waals surface area contributed by atoms with E-state index in [4.69, 9.17) is 0 Å². The van der Waals surface area contributed by atoms with Gasteiger partial charge >= 0.3 is 6.03 Å². The van der Waals surface area contributed by atoms with E-state index in [2.05, 4.69) is 10.6 Å². The molecule has 0 spiro atoms. The fraction of sp³-hybridized carbons (Fsp3) is 0.300. The van der Waals surface area contributed by atoms with Gasteiger partial charge in [0.25, 0.3) is 5.91 Å². The van der Waals surface area contributed by atoms with Gasteiger partial charge in [-0.1, -0.05) is 74.5 Å². The van der Waals surface area contributed by atoms with E-state index in [0.717, 1.165) is 11.1 Å². The highest BCUT2D eigenvalue weighted by Gasteiger charge is 2.53. The molecule has 0 saturated carbocycles. The molecule has 2 N–H and O–H groups in total. The van der Waals surface area contributed by atoms with Gasteiger partial charge in [-0.05, 0) is 18.2 Å². The lowest BCUT2D eigenvalue weighted by atomic mass is 9.82. The molecule has 5 heteroatoms. The van der Waals surface area contributed by atoms with Crippen molar-refractivity contribution in [2.24, 2.45) is 0 Å². The van der Waals surface area contributed by atoms with E-state index >= 15 is 0 Å². The minimum absolute atomic E-state index is 0.241. The first-order valence-electron chi connectivity index (χ1n) is 8.60. The largest absolute Gasteiger partial charge is 0.325 e. The summed E-state index contributed by atoms with van der Waals surface area (Å²) in [4.78, 5) is 26.9. The zero-order valence-electron chi connectivity index (χ0n) is 15.0. The molecule has 1 saturated heterocycles. The lowest BCUT2D eigenvalue weighted by Gasteiger charge is -2.28. The SMILES string of the molecule is CC.CNCCN1C(=O)NC(c2ccccc2)(c2ccccc2)C1=O. The van der Waals surface area contributed by atoms with Gasteiger partial charge < -0.3 is 10.6 Å². The summed E-state index contributed by atoms with van der Waals surface area (Å²) in [6.07, 6.45) is 0. The topological polar surface area (TPSA) is 61.4 Å². The molecule has 1 fully saturated rings.